The van der Waals surface area contributed by atoms with Crippen LogP contribution in [0.25, 0.3) is 0 Å². The molecule has 0 bridgehead atoms. The molecule has 1 heterocycles. The molecule has 1 aliphatic heterocycles. The van der Waals surface area contributed by atoms with Crippen LogP contribution in [-0.4, -0.2) is 50.0 Å². The molecule has 0 aromatic heterocycles. The van der Waals surface area contributed by atoms with Crippen molar-refractivity contribution < 1.29 is 14.3 Å². The van der Waals surface area contributed by atoms with Crippen molar-refractivity contribution in [1.29, 1.82) is 0 Å². The predicted octanol–water partition coefficient (Wildman–Crippen LogP) is 3.27. The number of piperazine rings is 1. The van der Waals surface area contributed by atoms with E-state index < -0.39 is 0 Å². The van der Waals surface area contributed by atoms with Gasteiger partial charge in [-0.15, -0.1) is 0 Å². The zero-order chi connectivity index (χ0) is 19.4. The molecule has 0 atom stereocenters. The van der Waals surface area contributed by atoms with E-state index in [-0.39, 0.29) is 11.8 Å². The van der Waals surface area contributed by atoms with Crippen LogP contribution in [-0.2, 0) is 4.79 Å². The van der Waals surface area contributed by atoms with Crippen LogP contribution in [0.3, 0.4) is 0 Å². The molecule has 7 heteroatoms. The van der Waals surface area contributed by atoms with Crippen LogP contribution in [0.15, 0.2) is 42.5 Å². The van der Waals surface area contributed by atoms with Crippen molar-refractivity contribution >= 4 is 34.8 Å². The Labute approximate surface area is 163 Å². The number of benzene rings is 2. The number of ether oxygens (including phenoxy) is 1. The summed E-state index contributed by atoms with van der Waals surface area (Å²) in [5.41, 5.74) is 1.96. The summed E-state index contributed by atoms with van der Waals surface area (Å²) in [5.74, 6) is 0.545. The van der Waals surface area contributed by atoms with Crippen molar-refractivity contribution in [2.24, 2.45) is 0 Å². The highest BCUT2D eigenvalue weighted by Gasteiger charge is 2.23. The van der Waals surface area contributed by atoms with Crippen LogP contribution in [0.2, 0.25) is 5.02 Å². The Morgan fingerprint density at radius 2 is 1.70 bits per heavy atom. The van der Waals surface area contributed by atoms with Crippen LogP contribution in [0.1, 0.15) is 17.3 Å². The molecule has 1 fully saturated rings. The summed E-state index contributed by atoms with van der Waals surface area (Å²) in [4.78, 5) is 28.1. The first-order valence-corrected chi connectivity index (χ1v) is 9.12. The number of carbonyl (C=O) groups excluding carboxylic acids is 2. The molecule has 0 spiro atoms. The summed E-state index contributed by atoms with van der Waals surface area (Å²) in [5, 5.41) is 3.52. The van der Waals surface area contributed by atoms with E-state index in [1.165, 1.54) is 0 Å². The summed E-state index contributed by atoms with van der Waals surface area (Å²) >= 11 is 6.44. The second kappa shape index (κ2) is 8.31. The fraction of sp³-hybridized carbons (Fsp3) is 0.300. The molecular weight excluding hydrogens is 366 g/mol. The van der Waals surface area contributed by atoms with Crippen molar-refractivity contribution in [3.05, 3.63) is 53.1 Å². The first-order valence-electron chi connectivity index (χ1n) is 8.74. The van der Waals surface area contributed by atoms with Gasteiger partial charge in [-0.3, -0.25) is 9.59 Å². The molecular formula is C20H22ClN3O3. The summed E-state index contributed by atoms with van der Waals surface area (Å²) in [7, 11) is 1.58. The largest absolute Gasteiger partial charge is 0.497 e. The van der Waals surface area contributed by atoms with Gasteiger partial charge in [-0.2, -0.15) is 0 Å². The van der Waals surface area contributed by atoms with E-state index in [2.05, 4.69) is 10.2 Å². The number of nitrogens with one attached hydrogen (secondary N) is 1. The number of anilines is 2. The molecule has 1 saturated heterocycles. The minimum Gasteiger partial charge on any atom is -0.497 e. The highest BCUT2D eigenvalue weighted by molar-refractivity contribution is 6.34. The Bertz CT molecular complexity index is 831. The topological polar surface area (TPSA) is 61.9 Å². The van der Waals surface area contributed by atoms with E-state index >= 15 is 0 Å². The van der Waals surface area contributed by atoms with E-state index in [1.54, 1.807) is 50.4 Å². The van der Waals surface area contributed by atoms with Gasteiger partial charge in [-0.1, -0.05) is 17.7 Å². The normalized spacial score (nSPS) is 14.0. The van der Waals surface area contributed by atoms with Crippen molar-refractivity contribution in [2.75, 3.05) is 43.5 Å². The number of amides is 2. The van der Waals surface area contributed by atoms with Gasteiger partial charge in [0.2, 0.25) is 5.91 Å². The third-order valence-electron chi connectivity index (χ3n) is 4.63. The Kier molecular flexibility index (Phi) is 5.86. The smallest absolute Gasteiger partial charge is 0.255 e. The quantitative estimate of drug-likeness (QED) is 0.874. The van der Waals surface area contributed by atoms with E-state index in [1.807, 2.05) is 11.0 Å². The van der Waals surface area contributed by atoms with Crippen LogP contribution in [0.5, 0.6) is 5.75 Å². The highest BCUT2D eigenvalue weighted by Crippen LogP contribution is 2.35. The molecule has 0 aliphatic carbocycles. The molecule has 0 unspecified atom stereocenters. The molecule has 0 saturated carbocycles. The maximum Gasteiger partial charge on any atom is 0.255 e. The van der Waals surface area contributed by atoms with E-state index in [4.69, 9.17) is 16.3 Å². The molecule has 1 N–H and O–H groups in total. The fourth-order valence-electron chi connectivity index (χ4n) is 3.12. The van der Waals surface area contributed by atoms with Crippen LogP contribution >= 0.6 is 11.6 Å². The lowest BCUT2D eigenvalue weighted by Crippen LogP contribution is -2.48. The fourth-order valence-corrected chi connectivity index (χ4v) is 3.41. The Morgan fingerprint density at radius 1 is 1.04 bits per heavy atom. The van der Waals surface area contributed by atoms with Gasteiger partial charge in [-0.05, 0) is 36.4 Å². The summed E-state index contributed by atoms with van der Waals surface area (Å²) in [6.45, 7) is 4.16. The highest BCUT2D eigenvalue weighted by atomic mass is 35.5. The van der Waals surface area contributed by atoms with Gasteiger partial charge in [0.1, 0.15) is 5.75 Å². The zero-order valence-corrected chi connectivity index (χ0v) is 16.1. The molecule has 6 nitrogen and oxygen atoms in total. The van der Waals surface area contributed by atoms with Gasteiger partial charge in [0.05, 0.1) is 23.5 Å². The van der Waals surface area contributed by atoms with Crippen LogP contribution in [0.4, 0.5) is 11.4 Å². The standard InChI is InChI=1S/C20H22ClN3O3/c1-14(25)23-10-12-24(13-11-23)19-17(21)4-3-5-18(19)22-20(26)15-6-8-16(27-2)9-7-15/h3-9H,10-13H2,1-2H3,(H,22,26). The molecule has 2 aromatic rings. The maximum atomic E-state index is 12.6. The number of methoxy groups -OCH3 is 1. The number of nitrogens with zero attached hydrogens (tertiary/aromatic N) is 2. The first-order chi connectivity index (χ1) is 13.0. The second-order valence-corrected chi connectivity index (χ2v) is 6.72. The van der Waals surface area contributed by atoms with E-state index in [0.29, 0.717) is 48.2 Å². The molecule has 3 rings (SSSR count). The molecule has 27 heavy (non-hydrogen) atoms. The molecule has 142 valence electrons. The minimum absolute atomic E-state index is 0.0711. The summed E-state index contributed by atoms with van der Waals surface area (Å²) in [6.07, 6.45) is 0. The third kappa shape index (κ3) is 4.34. The van der Waals surface area contributed by atoms with Gasteiger partial charge in [0, 0.05) is 38.7 Å². The van der Waals surface area contributed by atoms with Crippen molar-refractivity contribution in [1.82, 2.24) is 4.90 Å². The molecule has 1 aliphatic rings. The second-order valence-electron chi connectivity index (χ2n) is 6.31. The lowest BCUT2D eigenvalue weighted by molar-refractivity contribution is -0.129. The average Bonchev–Trinajstić information content (AvgIpc) is 2.68. The van der Waals surface area contributed by atoms with E-state index in [9.17, 15) is 9.59 Å². The predicted molar refractivity (Wildman–Crippen MR) is 107 cm³/mol. The SMILES string of the molecule is COc1ccc(C(=O)Nc2cccc(Cl)c2N2CCN(C(C)=O)CC2)cc1. The zero-order valence-electron chi connectivity index (χ0n) is 15.4. The number of carbonyl (C=O) groups is 2. The van der Waals surface area contributed by atoms with Crippen LogP contribution in [0, 0.1) is 0 Å². The first kappa shape index (κ1) is 19.0. The molecule has 2 amide bonds. The minimum atomic E-state index is -0.219. The van der Waals surface area contributed by atoms with Crippen molar-refractivity contribution in [3.8, 4) is 5.75 Å². The van der Waals surface area contributed by atoms with Crippen molar-refractivity contribution in [2.45, 2.75) is 6.92 Å². The van der Waals surface area contributed by atoms with Gasteiger partial charge in [0.15, 0.2) is 0 Å². The number of para-hydroxylation sites is 1. The maximum absolute atomic E-state index is 12.6. The van der Waals surface area contributed by atoms with Crippen molar-refractivity contribution in [3.63, 3.8) is 0 Å². The lowest BCUT2D eigenvalue weighted by atomic mass is 10.1. The third-order valence-corrected chi connectivity index (χ3v) is 4.93. The Morgan fingerprint density at radius 3 is 2.30 bits per heavy atom. The van der Waals surface area contributed by atoms with Gasteiger partial charge in [0.25, 0.3) is 5.91 Å². The number of halogens is 1. The average molecular weight is 388 g/mol. The van der Waals surface area contributed by atoms with E-state index in [0.717, 1.165) is 5.69 Å². The Hall–Kier alpha value is -2.73. The van der Waals surface area contributed by atoms with Crippen LogP contribution < -0.4 is 15.0 Å². The number of hydrogen-bond acceptors (Lipinski definition) is 4. The van der Waals surface area contributed by atoms with Gasteiger partial charge < -0.3 is 19.9 Å². The number of rotatable bonds is 4. The van der Waals surface area contributed by atoms with Gasteiger partial charge >= 0.3 is 0 Å². The lowest BCUT2D eigenvalue weighted by Gasteiger charge is -2.37. The monoisotopic (exact) mass is 387 g/mol. The number of hydrogen-bond donors (Lipinski definition) is 1. The summed E-state index contributed by atoms with van der Waals surface area (Å²) in [6, 6.07) is 12.4. The molecule has 2 aromatic carbocycles. The molecule has 0 radical (unpaired) electrons. The summed E-state index contributed by atoms with van der Waals surface area (Å²) < 4.78 is 5.12. The van der Waals surface area contributed by atoms with Gasteiger partial charge in [-0.25, -0.2) is 0 Å². The Balaban J connectivity index is 1.79.